The smallest absolute Gasteiger partial charge is 0.309 e. The standard InChI is InChI=1S/C47H26F3N5/c1-28-22-32(47(48,49)50)16-18-34(28)30-15-20-44(54-40-11-5-4-10-36(40)38-25-33(53-2)17-21-43(38)54)39(24-30)46-31(27-52)8-7-13-45(46)55-41-12-6-3-9-35(41)37-23-29(26-51)14-19-42(37)55/h3-25H,1H3. The Hall–Kier alpha value is -7.60. The molecule has 0 amide bonds. The molecular formula is C47H26F3N5. The lowest BCUT2D eigenvalue weighted by molar-refractivity contribution is -0.137. The summed E-state index contributed by atoms with van der Waals surface area (Å²) in [5.41, 5.74) is 8.70. The van der Waals surface area contributed by atoms with Crippen LogP contribution < -0.4 is 0 Å². The summed E-state index contributed by atoms with van der Waals surface area (Å²) < 4.78 is 45.5. The second-order valence-electron chi connectivity index (χ2n) is 13.4. The molecule has 0 aliphatic carbocycles. The molecule has 7 aromatic carbocycles. The number of nitrogens with zero attached hydrogens (tertiary/aromatic N) is 5. The zero-order chi connectivity index (χ0) is 38.0. The van der Waals surface area contributed by atoms with E-state index in [1.165, 1.54) is 6.07 Å². The van der Waals surface area contributed by atoms with Crippen LogP contribution in [-0.4, -0.2) is 9.13 Å². The number of para-hydroxylation sites is 2. The summed E-state index contributed by atoms with van der Waals surface area (Å²) in [7, 11) is 0. The Morgan fingerprint density at radius 2 is 1.24 bits per heavy atom. The molecule has 0 bridgehead atoms. The van der Waals surface area contributed by atoms with Crippen molar-refractivity contribution in [2.75, 3.05) is 0 Å². The maximum absolute atomic E-state index is 13.8. The van der Waals surface area contributed by atoms with Crippen molar-refractivity contribution >= 4 is 49.3 Å². The number of nitriles is 2. The SMILES string of the molecule is [C-]#[N+]c1ccc2c(c1)c1ccccc1n2-c1ccc(-c2ccc(C(F)(F)F)cc2C)cc1-c1c(C#N)cccc1-n1c2ccccc2c2cc(C#N)ccc21. The van der Waals surface area contributed by atoms with Crippen molar-refractivity contribution in [2.45, 2.75) is 13.1 Å². The lowest BCUT2D eigenvalue weighted by Gasteiger charge is -2.21. The van der Waals surface area contributed by atoms with E-state index in [-0.39, 0.29) is 0 Å². The van der Waals surface area contributed by atoms with Gasteiger partial charge < -0.3 is 9.13 Å². The first-order valence-electron chi connectivity index (χ1n) is 17.4. The van der Waals surface area contributed by atoms with E-state index in [0.29, 0.717) is 50.3 Å². The molecule has 0 fully saturated rings. The van der Waals surface area contributed by atoms with Crippen molar-refractivity contribution in [1.82, 2.24) is 9.13 Å². The number of benzene rings is 7. The summed E-state index contributed by atoms with van der Waals surface area (Å²) in [6.07, 6.45) is -4.49. The van der Waals surface area contributed by atoms with Gasteiger partial charge in [-0.25, -0.2) is 4.85 Å². The van der Waals surface area contributed by atoms with Crippen molar-refractivity contribution in [2.24, 2.45) is 0 Å². The minimum atomic E-state index is -4.49. The van der Waals surface area contributed by atoms with Gasteiger partial charge in [0.25, 0.3) is 0 Å². The maximum atomic E-state index is 13.8. The van der Waals surface area contributed by atoms with Crippen LogP contribution in [0.1, 0.15) is 22.3 Å². The van der Waals surface area contributed by atoms with Gasteiger partial charge in [-0.3, -0.25) is 0 Å². The number of aryl methyl sites for hydroxylation is 1. The molecule has 0 spiro atoms. The number of halogens is 3. The van der Waals surface area contributed by atoms with Gasteiger partial charge in [0.1, 0.15) is 0 Å². The second kappa shape index (κ2) is 12.5. The predicted molar refractivity (Wildman–Crippen MR) is 211 cm³/mol. The molecule has 0 saturated carbocycles. The number of hydrogen-bond donors (Lipinski definition) is 0. The van der Waals surface area contributed by atoms with E-state index in [1.54, 1.807) is 25.1 Å². The third-order valence-electron chi connectivity index (χ3n) is 10.4. The first kappa shape index (κ1) is 33.3. The van der Waals surface area contributed by atoms with E-state index in [9.17, 15) is 23.7 Å². The van der Waals surface area contributed by atoms with Gasteiger partial charge in [-0.2, -0.15) is 23.7 Å². The van der Waals surface area contributed by atoms with E-state index in [4.69, 9.17) is 6.57 Å². The van der Waals surface area contributed by atoms with Gasteiger partial charge in [0, 0.05) is 27.3 Å². The van der Waals surface area contributed by atoms with Gasteiger partial charge in [0.15, 0.2) is 5.69 Å². The number of fused-ring (bicyclic) bond motifs is 6. The fourth-order valence-electron chi connectivity index (χ4n) is 7.96. The molecular weight excluding hydrogens is 692 g/mol. The molecule has 0 aliphatic heterocycles. The molecule has 0 N–H and O–H groups in total. The molecule has 2 aromatic heterocycles. The number of rotatable bonds is 4. The monoisotopic (exact) mass is 717 g/mol. The Morgan fingerprint density at radius 1 is 0.582 bits per heavy atom. The Bertz CT molecular complexity index is 3200. The van der Waals surface area contributed by atoms with E-state index in [2.05, 4.69) is 26.1 Å². The lowest BCUT2D eigenvalue weighted by atomic mass is 9.91. The average Bonchev–Trinajstić information content (AvgIpc) is 3.71. The lowest BCUT2D eigenvalue weighted by Crippen LogP contribution is -2.05. The van der Waals surface area contributed by atoms with E-state index >= 15 is 0 Å². The van der Waals surface area contributed by atoms with E-state index in [1.807, 2.05) is 103 Å². The van der Waals surface area contributed by atoms with Crippen molar-refractivity contribution < 1.29 is 13.2 Å². The predicted octanol–water partition coefficient (Wildman–Crippen LogP) is 12.8. The highest BCUT2D eigenvalue weighted by molar-refractivity contribution is 6.12. The quantitative estimate of drug-likeness (QED) is 0.170. The average molecular weight is 718 g/mol. The maximum Gasteiger partial charge on any atom is 0.416 e. The molecule has 2 heterocycles. The third-order valence-corrected chi connectivity index (χ3v) is 10.4. The Balaban J connectivity index is 1.42. The Labute approximate surface area is 313 Å². The highest BCUT2D eigenvalue weighted by Gasteiger charge is 2.31. The summed E-state index contributed by atoms with van der Waals surface area (Å²) in [5, 5.41) is 24.3. The first-order valence-corrected chi connectivity index (χ1v) is 17.4. The van der Waals surface area contributed by atoms with E-state index < -0.39 is 11.7 Å². The molecule has 0 radical (unpaired) electrons. The molecule has 5 nitrogen and oxygen atoms in total. The van der Waals surface area contributed by atoms with Crippen LogP contribution in [0, 0.1) is 36.2 Å². The van der Waals surface area contributed by atoms with Crippen LogP contribution in [0.2, 0.25) is 0 Å². The fraction of sp³-hybridized carbons (Fsp3) is 0.0426. The largest absolute Gasteiger partial charge is 0.416 e. The molecule has 9 rings (SSSR count). The summed E-state index contributed by atoms with van der Waals surface area (Å²) in [4.78, 5) is 3.69. The molecule has 260 valence electrons. The molecule has 0 aliphatic rings. The number of hydrogen-bond acceptors (Lipinski definition) is 2. The first-order chi connectivity index (χ1) is 26.7. The van der Waals surface area contributed by atoms with Crippen LogP contribution in [0.3, 0.4) is 0 Å². The molecule has 8 heteroatoms. The molecule has 0 saturated heterocycles. The normalized spacial score (nSPS) is 11.6. The minimum absolute atomic E-state index is 0.399. The number of alkyl halides is 3. The van der Waals surface area contributed by atoms with E-state index in [0.717, 1.165) is 61.4 Å². The highest BCUT2D eigenvalue weighted by atomic mass is 19.4. The van der Waals surface area contributed by atoms with Crippen LogP contribution in [0.25, 0.3) is 82.1 Å². The van der Waals surface area contributed by atoms with Crippen LogP contribution in [0.15, 0.2) is 140 Å². The van der Waals surface area contributed by atoms with Crippen molar-refractivity contribution in [1.29, 1.82) is 10.5 Å². The summed E-state index contributed by atoms with van der Waals surface area (Å²) in [5.74, 6) is 0. The van der Waals surface area contributed by atoms with Crippen LogP contribution >= 0.6 is 0 Å². The Morgan fingerprint density at radius 3 is 1.89 bits per heavy atom. The topological polar surface area (TPSA) is 61.8 Å². The van der Waals surface area contributed by atoms with Gasteiger partial charge in [-0.1, -0.05) is 60.7 Å². The van der Waals surface area contributed by atoms with Gasteiger partial charge in [0.05, 0.1) is 68.8 Å². The molecule has 9 aromatic rings. The van der Waals surface area contributed by atoms with Crippen molar-refractivity contribution in [3.05, 3.63) is 173 Å². The second-order valence-corrected chi connectivity index (χ2v) is 13.4. The number of aromatic nitrogens is 2. The Kier molecular flexibility index (Phi) is 7.57. The van der Waals surface area contributed by atoms with Crippen molar-refractivity contribution in [3.63, 3.8) is 0 Å². The molecule has 0 atom stereocenters. The van der Waals surface area contributed by atoms with Crippen LogP contribution in [0.5, 0.6) is 0 Å². The summed E-state index contributed by atoms with van der Waals surface area (Å²) >= 11 is 0. The zero-order valence-electron chi connectivity index (χ0n) is 29.1. The van der Waals surface area contributed by atoms with Gasteiger partial charge >= 0.3 is 6.18 Å². The highest BCUT2D eigenvalue weighted by Crippen LogP contribution is 2.44. The van der Waals surface area contributed by atoms with Gasteiger partial charge in [-0.15, -0.1) is 0 Å². The summed E-state index contributed by atoms with van der Waals surface area (Å²) in [6, 6.07) is 46.9. The van der Waals surface area contributed by atoms with Crippen LogP contribution in [0.4, 0.5) is 18.9 Å². The van der Waals surface area contributed by atoms with Gasteiger partial charge in [0.2, 0.25) is 0 Å². The fourth-order valence-corrected chi connectivity index (χ4v) is 7.96. The van der Waals surface area contributed by atoms with Gasteiger partial charge in [-0.05, 0) is 108 Å². The third kappa shape index (κ3) is 5.22. The summed E-state index contributed by atoms with van der Waals surface area (Å²) in [6.45, 7) is 9.36. The zero-order valence-corrected chi connectivity index (χ0v) is 29.1. The molecule has 55 heavy (non-hydrogen) atoms. The minimum Gasteiger partial charge on any atom is -0.309 e. The van der Waals surface area contributed by atoms with Crippen LogP contribution in [-0.2, 0) is 6.18 Å². The van der Waals surface area contributed by atoms with Crippen molar-refractivity contribution in [3.8, 4) is 45.8 Å². The molecule has 0 unspecified atom stereocenters.